The summed E-state index contributed by atoms with van der Waals surface area (Å²) in [5.74, 6) is -0.111. The molecule has 3 heterocycles. The predicted octanol–water partition coefficient (Wildman–Crippen LogP) is 2.10. The Bertz CT molecular complexity index is 1350. The number of oxazole rings is 1. The molecule has 0 aliphatic carbocycles. The third-order valence-corrected chi connectivity index (χ3v) is 6.20. The maximum atomic E-state index is 13.1. The first-order valence-corrected chi connectivity index (χ1v) is 10.1. The summed E-state index contributed by atoms with van der Waals surface area (Å²) < 4.78 is 32.3. The molecule has 0 saturated carbocycles. The Morgan fingerprint density at radius 3 is 2.76 bits per heavy atom. The van der Waals surface area contributed by atoms with E-state index in [4.69, 9.17) is 4.42 Å². The van der Waals surface area contributed by atoms with Gasteiger partial charge in [0, 0.05) is 31.1 Å². The van der Waals surface area contributed by atoms with E-state index in [1.807, 2.05) is 12.1 Å². The number of hydrogen-bond donors (Lipinski definition) is 1. The molecule has 3 aromatic heterocycles. The van der Waals surface area contributed by atoms with Crippen LogP contribution in [0, 0.1) is 6.92 Å². The number of aromatic amines is 1. The number of aromatic nitrogens is 4. The number of nitrogens with one attached hydrogen (secondary N) is 1. The van der Waals surface area contributed by atoms with Crippen molar-refractivity contribution in [3.63, 3.8) is 0 Å². The molecule has 0 aliphatic heterocycles. The minimum Gasteiger partial charge on any atom is -0.408 e. The lowest BCUT2D eigenvalue weighted by Crippen LogP contribution is -2.27. The number of sulfonamides is 1. The molecule has 0 spiro atoms. The molecule has 9 nitrogen and oxygen atoms in total. The van der Waals surface area contributed by atoms with Gasteiger partial charge in [-0.05, 0) is 31.2 Å². The highest BCUT2D eigenvalue weighted by Gasteiger charge is 2.24. The number of H-pyrrole nitrogens is 1. The minimum atomic E-state index is -3.85. The van der Waals surface area contributed by atoms with Gasteiger partial charge < -0.3 is 4.42 Å². The third-order valence-electron chi connectivity index (χ3n) is 4.40. The van der Waals surface area contributed by atoms with Gasteiger partial charge in [0.1, 0.15) is 5.82 Å². The van der Waals surface area contributed by atoms with E-state index in [0.717, 1.165) is 0 Å². The van der Waals surface area contributed by atoms with Crippen LogP contribution < -0.4 is 5.76 Å². The van der Waals surface area contributed by atoms with Crippen LogP contribution in [0.25, 0.3) is 22.4 Å². The van der Waals surface area contributed by atoms with Crippen molar-refractivity contribution >= 4 is 21.1 Å². The highest BCUT2D eigenvalue weighted by atomic mass is 32.2. The van der Waals surface area contributed by atoms with Crippen LogP contribution in [-0.2, 0) is 16.6 Å². The van der Waals surface area contributed by atoms with E-state index in [1.54, 1.807) is 25.4 Å². The van der Waals surface area contributed by atoms with E-state index in [2.05, 4.69) is 19.9 Å². The van der Waals surface area contributed by atoms with Crippen molar-refractivity contribution in [1.82, 2.24) is 24.2 Å². The SMILES string of the molecule is Cc1ncc(-c2ccccn2)c(CN(C)S(=O)(=O)c2ccc3[nH]c(=O)oc3c2)n1. The number of nitrogens with zero attached hydrogens (tertiary/aromatic N) is 4. The normalized spacial score (nSPS) is 12.0. The number of fused-ring (bicyclic) bond motifs is 1. The van der Waals surface area contributed by atoms with Crippen molar-refractivity contribution in [2.45, 2.75) is 18.4 Å². The van der Waals surface area contributed by atoms with Crippen LogP contribution >= 0.6 is 0 Å². The first kappa shape index (κ1) is 19.0. The Hall–Kier alpha value is -3.37. The van der Waals surface area contributed by atoms with E-state index in [9.17, 15) is 13.2 Å². The molecule has 0 amide bonds. The van der Waals surface area contributed by atoms with Gasteiger partial charge in [-0.15, -0.1) is 0 Å². The number of aryl methyl sites for hydroxylation is 1. The molecular weight excluding hydrogens is 394 g/mol. The van der Waals surface area contributed by atoms with Crippen LogP contribution in [0.2, 0.25) is 0 Å². The first-order chi connectivity index (χ1) is 13.8. The lowest BCUT2D eigenvalue weighted by atomic mass is 10.1. The Morgan fingerprint density at radius 2 is 2.00 bits per heavy atom. The molecule has 1 N–H and O–H groups in total. The largest absolute Gasteiger partial charge is 0.417 e. The summed E-state index contributed by atoms with van der Waals surface area (Å²) >= 11 is 0. The third kappa shape index (κ3) is 3.67. The van der Waals surface area contributed by atoms with Crippen molar-refractivity contribution in [1.29, 1.82) is 0 Å². The van der Waals surface area contributed by atoms with Crippen molar-refractivity contribution in [2.75, 3.05) is 7.05 Å². The lowest BCUT2D eigenvalue weighted by Gasteiger charge is -2.18. The summed E-state index contributed by atoms with van der Waals surface area (Å²) in [6.07, 6.45) is 3.29. The van der Waals surface area contributed by atoms with Crippen molar-refractivity contribution in [3.05, 3.63) is 70.9 Å². The van der Waals surface area contributed by atoms with Gasteiger partial charge in [0.2, 0.25) is 10.0 Å². The van der Waals surface area contributed by atoms with Crippen LogP contribution in [-0.4, -0.2) is 39.7 Å². The monoisotopic (exact) mass is 411 g/mol. The molecule has 0 bridgehead atoms. The van der Waals surface area contributed by atoms with E-state index in [0.29, 0.717) is 28.3 Å². The van der Waals surface area contributed by atoms with Gasteiger partial charge in [-0.2, -0.15) is 4.31 Å². The average Bonchev–Trinajstić information content (AvgIpc) is 3.08. The van der Waals surface area contributed by atoms with Crippen LogP contribution in [0.1, 0.15) is 11.5 Å². The van der Waals surface area contributed by atoms with E-state index >= 15 is 0 Å². The zero-order valence-corrected chi connectivity index (χ0v) is 16.5. The predicted molar refractivity (Wildman–Crippen MR) is 105 cm³/mol. The zero-order chi connectivity index (χ0) is 20.6. The quantitative estimate of drug-likeness (QED) is 0.533. The molecule has 29 heavy (non-hydrogen) atoms. The van der Waals surface area contributed by atoms with Crippen LogP contribution in [0.4, 0.5) is 0 Å². The summed E-state index contributed by atoms with van der Waals surface area (Å²) in [7, 11) is -2.39. The topological polar surface area (TPSA) is 122 Å². The van der Waals surface area contributed by atoms with E-state index in [1.165, 1.54) is 29.6 Å². The number of rotatable bonds is 5. The van der Waals surface area contributed by atoms with Crippen LogP contribution in [0.3, 0.4) is 0 Å². The summed E-state index contributed by atoms with van der Waals surface area (Å²) in [6.45, 7) is 1.76. The van der Waals surface area contributed by atoms with Gasteiger partial charge >= 0.3 is 5.76 Å². The summed E-state index contributed by atoms with van der Waals surface area (Å²) in [6, 6.07) is 9.69. The fraction of sp³-hybridized carbons (Fsp3) is 0.158. The van der Waals surface area contributed by atoms with Gasteiger partial charge in [-0.1, -0.05) is 6.07 Å². The first-order valence-electron chi connectivity index (χ1n) is 8.68. The molecule has 4 rings (SSSR count). The van der Waals surface area contributed by atoms with Crippen molar-refractivity contribution in [2.24, 2.45) is 0 Å². The molecule has 0 aliphatic rings. The number of pyridine rings is 1. The Labute approximate surface area is 166 Å². The van der Waals surface area contributed by atoms with Crippen molar-refractivity contribution in [3.8, 4) is 11.3 Å². The maximum absolute atomic E-state index is 13.1. The smallest absolute Gasteiger partial charge is 0.408 e. The lowest BCUT2D eigenvalue weighted by molar-refractivity contribution is 0.461. The second-order valence-electron chi connectivity index (χ2n) is 6.43. The average molecular weight is 411 g/mol. The van der Waals surface area contributed by atoms with Crippen molar-refractivity contribution < 1.29 is 12.8 Å². The van der Waals surface area contributed by atoms with Crippen LogP contribution in [0.5, 0.6) is 0 Å². The zero-order valence-electron chi connectivity index (χ0n) is 15.7. The highest BCUT2D eigenvalue weighted by Crippen LogP contribution is 2.24. The molecular formula is C19H17N5O4S. The second kappa shape index (κ2) is 7.22. The fourth-order valence-corrected chi connectivity index (χ4v) is 4.08. The molecule has 0 saturated heterocycles. The van der Waals surface area contributed by atoms with E-state index < -0.39 is 15.8 Å². The fourth-order valence-electron chi connectivity index (χ4n) is 2.94. The minimum absolute atomic E-state index is 0.0143. The summed E-state index contributed by atoms with van der Waals surface area (Å²) in [5, 5.41) is 0. The summed E-state index contributed by atoms with van der Waals surface area (Å²) in [4.78, 5) is 26.8. The molecule has 148 valence electrons. The molecule has 0 unspecified atom stereocenters. The van der Waals surface area contributed by atoms with Gasteiger partial charge in [-0.3, -0.25) is 9.97 Å². The van der Waals surface area contributed by atoms with Crippen LogP contribution in [0.15, 0.2) is 62.9 Å². The molecule has 0 radical (unpaired) electrons. The maximum Gasteiger partial charge on any atom is 0.417 e. The Balaban J connectivity index is 1.70. The number of hydrogen-bond acceptors (Lipinski definition) is 7. The summed E-state index contributed by atoms with van der Waals surface area (Å²) in [5.41, 5.74) is 2.46. The van der Waals surface area contributed by atoms with E-state index in [-0.39, 0.29) is 17.0 Å². The Kier molecular flexibility index (Phi) is 4.73. The molecule has 1 aromatic carbocycles. The molecule has 10 heteroatoms. The second-order valence-corrected chi connectivity index (χ2v) is 8.47. The number of benzene rings is 1. The highest BCUT2D eigenvalue weighted by molar-refractivity contribution is 7.89. The molecule has 4 aromatic rings. The van der Waals surface area contributed by atoms with Gasteiger partial charge in [0.25, 0.3) is 0 Å². The van der Waals surface area contributed by atoms with Gasteiger partial charge in [-0.25, -0.2) is 23.2 Å². The van der Waals surface area contributed by atoms with Gasteiger partial charge in [0.05, 0.1) is 28.3 Å². The molecule has 0 atom stereocenters. The standard InChI is InChI=1S/C19H17N5O4S/c1-12-21-10-14(15-5-3-4-8-20-15)17(22-12)11-24(2)29(26,27)13-6-7-16-18(9-13)28-19(25)23-16/h3-10H,11H2,1-2H3,(H,23,25). The molecule has 0 fully saturated rings. The Morgan fingerprint density at radius 1 is 1.17 bits per heavy atom. The van der Waals surface area contributed by atoms with Gasteiger partial charge in [0.15, 0.2) is 5.58 Å².